The van der Waals surface area contributed by atoms with Crippen LogP contribution in [0.4, 0.5) is 9.59 Å². The zero-order valence-corrected chi connectivity index (χ0v) is 32.0. The van der Waals surface area contributed by atoms with Gasteiger partial charge < -0.3 is 26.7 Å². The number of methoxy groups -OCH3 is 1. The van der Waals surface area contributed by atoms with E-state index in [4.69, 9.17) is 9.84 Å². The van der Waals surface area contributed by atoms with Crippen molar-refractivity contribution < 1.29 is 59.6 Å². The predicted octanol–water partition coefficient (Wildman–Crippen LogP) is 10.6. The Kier molecular flexibility index (Phi) is 33.0. The summed E-state index contributed by atoms with van der Waals surface area (Å²) in [4.78, 5) is 45.4. The van der Waals surface area contributed by atoms with E-state index in [1.54, 1.807) is 60.7 Å². The first-order chi connectivity index (χ1) is 21.9. The number of ketones is 2. The fourth-order valence-corrected chi connectivity index (χ4v) is 3.10. The number of carboxylic acid groups (broad SMARTS) is 1. The van der Waals surface area contributed by atoms with Gasteiger partial charge in [-0.25, -0.2) is 9.59 Å². The molecule has 0 atom stereocenters. The van der Waals surface area contributed by atoms with Crippen LogP contribution >= 0.6 is 0 Å². The quantitative estimate of drug-likeness (QED) is 0.0885. The van der Waals surface area contributed by atoms with Gasteiger partial charge in [0.1, 0.15) is 11.5 Å². The Morgan fingerprint density at radius 1 is 0.468 bits per heavy atom. The molecule has 4 aromatic carbocycles. The molecular formula is C38H49O8W-. The summed E-state index contributed by atoms with van der Waals surface area (Å²) >= 11 is 0. The number of benzene rings is 4. The molecule has 0 aliphatic rings. The first-order valence-electron chi connectivity index (χ1n) is 14.9. The molecule has 0 saturated carbocycles. The van der Waals surface area contributed by atoms with Crippen LogP contribution in [0.25, 0.3) is 0 Å². The Labute approximate surface area is 295 Å². The Morgan fingerprint density at radius 3 is 1.02 bits per heavy atom. The van der Waals surface area contributed by atoms with E-state index < -0.39 is 12.3 Å². The fraction of sp³-hybridized carbons (Fsp3) is 0.237. The molecule has 0 bridgehead atoms. The van der Waals surface area contributed by atoms with E-state index in [9.17, 15) is 19.2 Å². The Bertz CT molecular complexity index is 1360. The second kappa shape index (κ2) is 31.4. The molecule has 0 radical (unpaired) electrons. The zero-order valence-electron chi connectivity index (χ0n) is 29.1. The van der Waals surface area contributed by atoms with Gasteiger partial charge in [-0.2, -0.15) is 0 Å². The van der Waals surface area contributed by atoms with Gasteiger partial charge in [-0.1, -0.05) is 116 Å². The minimum Gasteiger partial charge on any atom is -0.449 e. The van der Waals surface area contributed by atoms with Crippen molar-refractivity contribution in [1.29, 1.82) is 0 Å². The fourth-order valence-electron chi connectivity index (χ4n) is 3.10. The summed E-state index contributed by atoms with van der Waals surface area (Å²) in [7, 11) is 1.23. The Hall–Kier alpha value is -4.55. The summed E-state index contributed by atoms with van der Waals surface area (Å²) in [5, 5.41) is 8.43. The molecule has 47 heavy (non-hydrogen) atoms. The van der Waals surface area contributed by atoms with Crippen molar-refractivity contribution >= 4 is 23.9 Å². The molecule has 0 aliphatic heterocycles. The molecule has 0 aromatic heterocycles. The normalized spacial score (nSPS) is 8.19. The average Bonchev–Trinajstić information content (AvgIpc) is 3.12. The van der Waals surface area contributed by atoms with E-state index in [1.165, 1.54) is 31.4 Å². The third-order valence-electron chi connectivity index (χ3n) is 4.88. The second-order valence-electron chi connectivity index (χ2n) is 7.36. The van der Waals surface area contributed by atoms with Gasteiger partial charge in [0.2, 0.25) is 0 Å². The molecular weight excluding hydrogens is 768 g/mol. The Balaban J connectivity index is -0.000000314. The molecule has 0 spiro atoms. The minimum atomic E-state index is -1.38. The molecule has 8 nitrogen and oxygen atoms in total. The van der Waals surface area contributed by atoms with Gasteiger partial charge in [0.15, 0.2) is 11.6 Å². The molecule has 0 saturated heterocycles. The molecule has 0 amide bonds. The van der Waals surface area contributed by atoms with Crippen molar-refractivity contribution in [2.45, 2.75) is 55.4 Å². The summed E-state index contributed by atoms with van der Waals surface area (Å²) in [6.07, 6.45) is -2.17. The third-order valence-corrected chi connectivity index (χ3v) is 4.88. The van der Waals surface area contributed by atoms with E-state index in [2.05, 4.69) is 9.47 Å². The second-order valence-corrected chi connectivity index (χ2v) is 7.36. The minimum absolute atomic E-state index is 0. The topological polar surface area (TPSA) is 116 Å². The van der Waals surface area contributed by atoms with Crippen molar-refractivity contribution in [3.05, 3.63) is 139 Å². The first-order valence-corrected chi connectivity index (χ1v) is 14.9. The smallest absolute Gasteiger partial charge is 0.449 e. The van der Waals surface area contributed by atoms with Crippen LogP contribution in [0.3, 0.4) is 0 Å². The van der Waals surface area contributed by atoms with Crippen LogP contribution < -0.4 is 9.47 Å². The molecule has 0 unspecified atom stereocenters. The molecule has 0 fully saturated rings. The van der Waals surface area contributed by atoms with Gasteiger partial charge in [-0.05, 0) is 48.5 Å². The third kappa shape index (κ3) is 19.5. The van der Waals surface area contributed by atoms with Crippen LogP contribution in [-0.4, -0.2) is 36.1 Å². The van der Waals surface area contributed by atoms with Crippen molar-refractivity contribution in [3.63, 3.8) is 0 Å². The average molecular weight is 818 g/mol. The van der Waals surface area contributed by atoms with E-state index in [-0.39, 0.29) is 45.8 Å². The number of hydrogen-bond donors (Lipinski definition) is 1. The van der Waals surface area contributed by atoms with Gasteiger partial charge in [0, 0.05) is 43.3 Å². The number of hydrogen-bond acceptors (Lipinski definition) is 7. The van der Waals surface area contributed by atoms with E-state index in [0.29, 0.717) is 28.0 Å². The van der Waals surface area contributed by atoms with E-state index in [0.717, 1.165) is 0 Å². The summed E-state index contributed by atoms with van der Waals surface area (Å²) in [6, 6.07) is 30.1. The van der Waals surface area contributed by atoms with Gasteiger partial charge in [-0.15, -0.1) is 0 Å². The maximum Gasteiger partial charge on any atom is 0.513 e. The number of carbonyl (C=O) groups is 4. The van der Waals surface area contributed by atoms with Gasteiger partial charge in [-0.3, -0.25) is 9.59 Å². The zero-order chi connectivity index (χ0) is 34.6. The maximum atomic E-state index is 12.1. The molecule has 0 aliphatic carbocycles. The van der Waals surface area contributed by atoms with Crippen molar-refractivity contribution in [2.24, 2.45) is 0 Å². The van der Waals surface area contributed by atoms with Crippen LogP contribution in [-0.2, 0) is 25.8 Å². The van der Waals surface area contributed by atoms with Gasteiger partial charge in [0.25, 0.3) is 0 Å². The molecule has 4 aromatic rings. The van der Waals surface area contributed by atoms with Gasteiger partial charge >= 0.3 is 12.3 Å². The van der Waals surface area contributed by atoms with Crippen molar-refractivity contribution in [3.8, 4) is 11.5 Å². The van der Waals surface area contributed by atoms with Gasteiger partial charge in [0.05, 0.1) is 7.11 Å². The summed E-state index contributed by atoms with van der Waals surface area (Å²) in [5.74, 6) is 0.325. The predicted molar refractivity (Wildman–Crippen MR) is 186 cm³/mol. The number of rotatable bonds is 6. The number of ether oxygens (including phenoxy) is 3. The standard InChI is InChI=1S/C15H12O4.C14H10O4.4C2H6.CH3.W/c1-18-15(17)19-13-9-7-12(8-10-13)14(16)11-5-3-2-4-6-11;15-13(10-4-2-1-3-5-10)11-6-8-12(9-7-11)18-14(16)17;4*1-2;;/h2-10H,1H3;1-9H,(H,16,17);4*1-2H3;1H3;/q;;;;;;-1;. The van der Waals surface area contributed by atoms with Crippen LogP contribution in [0.1, 0.15) is 87.2 Å². The maximum absolute atomic E-state index is 12.1. The van der Waals surface area contributed by atoms with E-state index in [1.807, 2.05) is 79.7 Å². The largest absolute Gasteiger partial charge is 0.513 e. The SMILES string of the molecule is CC.CC.CC.CC.COC(=O)Oc1ccc(C(=O)c2ccccc2)cc1.O=C(O)Oc1ccc(C(=O)c2ccccc2)cc1.[CH3-].[W]. The summed E-state index contributed by atoms with van der Waals surface area (Å²) < 4.78 is 13.7. The molecule has 9 heteroatoms. The van der Waals surface area contributed by atoms with E-state index >= 15 is 0 Å². The monoisotopic (exact) mass is 817 g/mol. The molecule has 1 N–H and O–H groups in total. The number of carbonyl (C=O) groups excluding carboxylic acids is 3. The molecule has 0 heterocycles. The molecule has 256 valence electrons. The van der Waals surface area contributed by atoms with Crippen molar-refractivity contribution in [1.82, 2.24) is 0 Å². The van der Waals surface area contributed by atoms with Crippen LogP contribution in [0.5, 0.6) is 11.5 Å². The van der Waals surface area contributed by atoms with Crippen LogP contribution in [0.15, 0.2) is 109 Å². The first kappa shape index (κ1) is 49.3. The van der Waals surface area contributed by atoms with Crippen molar-refractivity contribution in [2.75, 3.05) is 7.11 Å². The Morgan fingerprint density at radius 2 is 0.745 bits per heavy atom. The van der Waals surface area contributed by atoms with Crippen LogP contribution in [0.2, 0.25) is 0 Å². The summed E-state index contributed by atoms with van der Waals surface area (Å²) in [5.41, 5.74) is 2.22. The molecule has 4 rings (SSSR count). The summed E-state index contributed by atoms with van der Waals surface area (Å²) in [6.45, 7) is 16.0. The van der Waals surface area contributed by atoms with Crippen LogP contribution in [0, 0.1) is 7.43 Å².